The Morgan fingerprint density at radius 1 is 1.39 bits per heavy atom. The van der Waals surface area contributed by atoms with Gasteiger partial charge in [0.1, 0.15) is 0 Å². The maximum atomic E-state index is 12.8. The molecule has 0 aliphatic carbocycles. The summed E-state index contributed by atoms with van der Waals surface area (Å²) in [4.78, 5) is 26.7. The number of aliphatic hydroxyl groups is 1. The van der Waals surface area contributed by atoms with Gasteiger partial charge in [-0.25, -0.2) is 4.79 Å². The Kier molecular flexibility index (Phi) is 5.72. The molecule has 1 aromatic carbocycles. The fourth-order valence-corrected chi connectivity index (χ4v) is 3.12. The molecule has 1 aromatic rings. The molecular weight excluding hydrogens is 390 g/mol. The number of nitrogens with two attached hydrogens (primary N) is 1. The number of hydrogen-bond acceptors (Lipinski definition) is 4. The molecular formula is C14H17BrClN3O4. The molecule has 1 saturated heterocycles. The number of carbonyl (C=O) groups is 2. The third-order valence-corrected chi connectivity index (χ3v) is 5.00. The van der Waals surface area contributed by atoms with Crippen LogP contribution in [0.1, 0.15) is 16.8 Å². The number of piperazine rings is 1. The lowest BCUT2D eigenvalue weighted by Gasteiger charge is -2.40. The van der Waals surface area contributed by atoms with E-state index in [9.17, 15) is 14.7 Å². The van der Waals surface area contributed by atoms with Crippen molar-refractivity contribution >= 4 is 45.2 Å². The van der Waals surface area contributed by atoms with Crippen LogP contribution in [0.4, 0.5) is 10.5 Å². The van der Waals surface area contributed by atoms with Gasteiger partial charge in [-0.1, -0.05) is 11.6 Å². The van der Waals surface area contributed by atoms with Crippen molar-refractivity contribution in [2.75, 3.05) is 32.0 Å². The average Bonchev–Trinajstić information content (AvgIpc) is 2.50. The van der Waals surface area contributed by atoms with Gasteiger partial charge in [-0.05, 0) is 34.5 Å². The maximum absolute atomic E-state index is 12.8. The molecule has 2 rings (SSSR count). The quantitative estimate of drug-likeness (QED) is 0.664. The second kappa shape index (κ2) is 7.37. The topological polar surface area (TPSA) is 107 Å². The van der Waals surface area contributed by atoms with Gasteiger partial charge in [-0.15, -0.1) is 0 Å². The third-order valence-electron chi connectivity index (χ3n) is 3.80. The molecule has 7 nitrogen and oxygen atoms in total. The maximum Gasteiger partial charge on any atom is 0.407 e. The van der Waals surface area contributed by atoms with Crippen LogP contribution in [0.15, 0.2) is 16.6 Å². The molecule has 4 N–H and O–H groups in total. The molecule has 2 amide bonds. The first-order chi connectivity index (χ1) is 10.8. The van der Waals surface area contributed by atoms with Crippen LogP contribution in [0.2, 0.25) is 5.02 Å². The lowest BCUT2D eigenvalue weighted by Crippen LogP contribution is -2.56. The highest BCUT2D eigenvalue weighted by atomic mass is 79.9. The smallest absolute Gasteiger partial charge is 0.407 e. The molecule has 1 aliphatic rings. The van der Waals surface area contributed by atoms with Crippen LogP contribution < -0.4 is 5.73 Å². The minimum Gasteiger partial charge on any atom is -0.465 e. The fraction of sp³-hybridized carbons (Fsp3) is 0.429. The molecule has 126 valence electrons. The van der Waals surface area contributed by atoms with E-state index >= 15 is 0 Å². The van der Waals surface area contributed by atoms with Crippen molar-refractivity contribution in [1.29, 1.82) is 0 Å². The van der Waals surface area contributed by atoms with Crippen LogP contribution in [0.25, 0.3) is 0 Å². The van der Waals surface area contributed by atoms with E-state index in [4.69, 9.17) is 22.4 Å². The predicted octanol–water partition coefficient (Wildman–Crippen LogP) is 1.87. The number of aliphatic hydroxyl groups excluding tert-OH is 1. The van der Waals surface area contributed by atoms with E-state index in [1.165, 1.54) is 11.0 Å². The molecule has 0 bridgehead atoms. The second-order valence-electron chi connectivity index (χ2n) is 5.25. The fourth-order valence-electron chi connectivity index (χ4n) is 2.59. The van der Waals surface area contributed by atoms with E-state index < -0.39 is 12.1 Å². The summed E-state index contributed by atoms with van der Waals surface area (Å²) < 4.78 is 0.593. The van der Waals surface area contributed by atoms with Crippen LogP contribution in [0, 0.1) is 0 Å². The van der Waals surface area contributed by atoms with Crippen LogP contribution in [-0.2, 0) is 0 Å². The molecule has 0 radical (unpaired) electrons. The zero-order valence-electron chi connectivity index (χ0n) is 12.2. The second-order valence-corrected chi connectivity index (χ2v) is 6.51. The molecule has 0 saturated carbocycles. The summed E-state index contributed by atoms with van der Waals surface area (Å²) in [7, 11) is 0. The Hall–Kier alpha value is -1.51. The normalized spacial score (nSPS) is 18.1. The SMILES string of the molecule is Nc1cc(Br)c(Cl)cc1C(=O)N1CCN(C(=O)O)C[C@@H]1CCO. The molecule has 0 aromatic heterocycles. The standard InChI is InChI=1S/C14H17BrClN3O4/c15-10-6-12(17)9(5-11(10)16)13(21)19-3-2-18(14(22)23)7-8(19)1-4-20/h5-6,8,20H,1-4,7,17H2,(H,22,23)/t8-/m0/s1. The van der Waals surface area contributed by atoms with Crippen molar-refractivity contribution in [2.24, 2.45) is 0 Å². The molecule has 1 heterocycles. The summed E-state index contributed by atoms with van der Waals surface area (Å²) >= 11 is 9.28. The monoisotopic (exact) mass is 405 g/mol. The summed E-state index contributed by atoms with van der Waals surface area (Å²) in [6, 6.07) is 2.65. The van der Waals surface area contributed by atoms with Crippen molar-refractivity contribution in [3.05, 3.63) is 27.2 Å². The zero-order chi connectivity index (χ0) is 17.1. The number of nitrogens with zero attached hydrogens (tertiary/aromatic N) is 2. The van der Waals surface area contributed by atoms with Crippen molar-refractivity contribution in [3.63, 3.8) is 0 Å². The van der Waals surface area contributed by atoms with Crippen molar-refractivity contribution < 1.29 is 19.8 Å². The first-order valence-electron chi connectivity index (χ1n) is 6.99. The number of anilines is 1. The summed E-state index contributed by atoms with van der Waals surface area (Å²) in [5, 5.41) is 18.7. The molecule has 9 heteroatoms. The molecule has 1 fully saturated rings. The van der Waals surface area contributed by atoms with E-state index in [1.807, 2.05) is 0 Å². The first kappa shape index (κ1) is 17.8. The highest BCUT2D eigenvalue weighted by Crippen LogP contribution is 2.29. The summed E-state index contributed by atoms with van der Waals surface area (Å²) in [5.41, 5.74) is 6.46. The Labute approximate surface area is 146 Å². The first-order valence-corrected chi connectivity index (χ1v) is 8.16. The van der Waals surface area contributed by atoms with E-state index in [0.717, 1.165) is 0 Å². The summed E-state index contributed by atoms with van der Waals surface area (Å²) in [6.07, 6.45) is -0.745. The number of benzene rings is 1. The highest BCUT2D eigenvalue weighted by molar-refractivity contribution is 9.10. The number of nitrogen functional groups attached to an aromatic ring is 1. The number of rotatable bonds is 3. The van der Waals surface area contributed by atoms with Gasteiger partial charge in [0, 0.05) is 36.4 Å². The number of carboxylic acid groups (broad SMARTS) is 1. The van der Waals surface area contributed by atoms with Gasteiger partial charge in [0.15, 0.2) is 0 Å². The van der Waals surface area contributed by atoms with Crippen molar-refractivity contribution in [3.8, 4) is 0 Å². The van der Waals surface area contributed by atoms with E-state index in [0.29, 0.717) is 15.9 Å². The van der Waals surface area contributed by atoms with Gasteiger partial charge in [-0.2, -0.15) is 0 Å². The zero-order valence-corrected chi connectivity index (χ0v) is 14.5. The minimum absolute atomic E-state index is 0.140. The van der Waals surface area contributed by atoms with Crippen molar-refractivity contribution in [2.45, 2.75) is 12.5 Å². The number of carbonyl (C=O) groups excluding carboxylic acids is 1. The number of halogens is 2. The number of amides is 2. The number of hydrogen-bond donors (Lipinski definition) is 3. The van der Waals surface area contributed by atoms with Gasteiger partial charge < -0.3 is 25.7 Å². The Bertz CT molecular complexity index is 628. The molecule has 23 heavy (non-hydrogen) atoms. The van der Waals surface area contributed by atoms with Gasteiger partial charge in [0.2, 0.25) is 0 Å². The Morgan fingerprint density at radius 3 is 2.70 bits per heavy atom. The van der Waals surface area contributed by atoms with Crippen LogP contribution in [-0.4, -0.2) is 64.3 Å². The molecule has 0 unspecified atom stereocenters. The van der Waals surface area contributed by atoms with Crippen LogP contribution >= 0.6 is 27.5 Å². The summed E-state index contributed by atoms with van der Waals surface area (Å²) in [6.45, 7) is 0.473. The van der Waals surface area contributed by atoms with Crippen LogP contribution in [0.5, 0.6) is 0 Å². The third kappa shape index (κ3) is 3.88. The van der Waals surface area contributed by atoms with E-state index in [2.05, 4.69) is 15.9 Å². The highest BCUT2D eigenvalue weighted by Gasteiger charge is 2.33. The Morgan fingerprint density at radius 2 is 2.09 bits per heavy atom. The molecule has 1 atom stereocenters. The van der Waals surface area contributed by atoms with Crippen LogP contribution in [0.3, 0.4) is 0 Å². The lowest BCUT2D eigenvalue weighted by molar-refractivity contribution is 0.0398. The largest absolute Gasteiger partial charge is 0.465 e. The van der Waals surface area contributed by atoms with E-state index in [-0.39, 0.29) is 43.4 Å². The predicted molar refractivity (Wildman–Crippen MR) is 89.7 cm³/mol. The average molecular weight is 407 g/mol. The summed E-state index contributed by atoms with van der Waals surface area (Å²) in [5.74, 6) is -0.319. The molecule has 0 spiro atoms. The lowest BCUT2D eigenvalue weighted by atomic mass is 10.1. The van der Waals surface area contributed by atoms with Gasteiger partial charge in [0.25, 0.3) is 5.91 Å². The molecule has 1 aliphatic heterocycles. The Balaban J connectivity index is 2.26. The van der Waals surface area contributed by atoms with Crippen molar-refractivity contribution in [1.82, 2.24) is 9.80 Å². The minimum atomic E-state index is -1.04. The van der Waals surface area contributed by atoms with Gasteiger partial charge in [0.05, 0.1) is 16.6 Å². The van der Waals surface area contributed by atoms with E-state index in [1.54, 1.807) is 11.0 Å². The van der Waals surface area contributed by atoms with Gasteiger partial charge >= 0.3 is 6.09 Å². The van der Waals surface area contributed by atoms with Gasteiger partial charge in [-0.3, -0.25) is 4.79 Å².